The predicted octanol–water partition coefficient (Wildman–Crippen LogP) is 3.23. The van der Waals surface area contributed by atoms with Gasteiger partial charge in [0.1, 0.15) is 6.61 Å². The molecule has 110 valence electrons. The number of hydrogen-bond acceptors (Lipinski definition) is 4. The Balaban J connectivity index is 2.22. The highest BCUT2D eigenvalue weighted by atomic mass is 35.5. The van der Waals surface area contributed by atoms with Crippen LogP contribution in [0.15, 0.2) is 24.3 Å². The summed E-state index contributed by atoms with van der Waals surface area (Å²) in [6.45, 7) is 0.640. The Labute approximate surface area is 122 Å². The average Bonchev–Trinajstić information content (AvgIpc) is 2.45. The number of unbranched alkanes of at least 4 members (excludes halogenated alkanes) is 2. The number of amides is 1. The molecule has 0 aliphatic heterocycles. The number of alkyl carbamates (subject to hydrolysis) is 1. The summed E-state index contributed by atoms with van der Waals surface area (Å²) < 4.78 is 4.99. The lowest BCUT2D eigenvalue weighted by atomic mass is 10.2. The molecule has 0 unspecified atom stereocenters. The Morgan fingerprint density at radius 2 is 1.95 bits per heavy atom. The Kier molecular flexibility index (Phi) is 7.42. The number of halogens is 1. The summed E-state index contributed by atoms with van der Waals surface area (Å²) in [4.78, 5) is 21.4. The Morgan fingerprint density at radius 3 is 2.55 bits per heavy atom. The number of nitrogens with one attached hydrogen (secondary N) is 1. The molecule has 1 amide bonds. The van der Waals surface area contributed by atoms with Gasteiger partial charge in [0.05, 0.1) is 4.92 Å². The van der Waals surface area contributed by atoms with Crippen molar-refractivity contribution in [3.05, 3.63) is 39.9 Å². The highest BCUT2D eigenvalue weighted by molar-refractivity contribution is 6.17. The highest BCUT2D eigenvalue weighted by Gasteiger charge is 2.05. The van der Waals surface area contributed by atoms with Crippen molar-refractivity contribution in [2.45, 2.75) is 25.9 Å². The van der Waals surface area contributed by atoms with Crippen LogP contribution in [0.4, 0.5) is 10.5 Å². The molecule has 0 aromatic heterocycles. The second-order valence-corrected chi connectivity index (χ2v) is 4.55. The van der Waals surface area contributed by atoms with E-state index in [1.165, 1.54) is 12.1 Å². The van der Waals surface area contributed by atoms with Gasteiger partial charge in [0, 0.05) is 24.6 Å². The van der Waals surface area contributed by atoms with E-state index >= 15 is 0 Å². The molecule has 0 fully saturated rings. The number of benzene rings is 1. The summed E-state index contributed by atoms with van der Waals surface area (Å²) in [7, 11) is 0. The Morgan fingerprint density at radius 1 is 1.25 bits per heavy atom. The number of carbonyl (C=O) groups is 1. The fourth-order valence-corrected chi connectivity index (χ4v) is 1.69. The van der Waals surface area contributed by atoms with Gasteiger partial charge in [-0.1, -0.05) is 6.42 Å². The SMILES string of the molecule is O=C(NCCCCCCl)OCc1ccc([N+](=O)[O-])cc1. The van der Waals surface area contributed by atoms with Gasteiger partial charge in [-0.2, -0.15) is 0 Å². The molecule has 6 nitrogen and oxygen atoms in total. The van der Waals surface area contributed by atoms with Gasteiger partial charge < -0.3 is 10.1 Å². The molecule has 1 aromatic carbocycles. The molecular formula is C13H17ClN2O4. The quantitative estimate of drug-likeness (QED) is 0.346. The number of rotatable bonds is 8. The fourth-order valence-electron chi connectivity index (χ4n) is 1.50. The molecule has 7 heteroatoms. The maximum Gasteiger partial charge on any atom is 0.407 e. The lowest BCUT2D eigenvalue weighted by Gasteiger charge is -2.06. The third-order valence-corrected chi connectivity index (χ3v) is 2.86. The molecule has 0 spiro atoms. The summed E-state index contributed by atoms with van der Waals surface area (Å²) in [5, 5.41) is 13.1. The van der Waals surface area contributed by atoms with Crippen LogP contribution in [0.25, 0.3) is 0 Å². The lowest BCUT2D eigenvalue weighted by molar-refractivity contribution is -0.384. The van der Waals surface area contributed by atoms with E-state index in [0.29, 0.717) is 18.0 Å². The summed E-state index contributed by atoms with van der Waals surface area (Å²) in [5.41, 5.74) is 0.713. The van der Waals surface area contributed by atoms with Crippen molar-refractivity contribution in [2.75, 3.05) is 12.4 Å². The normalized spacial score (nSPS) is 10.1. The van der Waals surface area contributed by atoms with E-state index in [2.05, 4.69) is 5.32 Å². The first kappa shape index (κ1) is 16.2. The largest absolute Gasteiger partial charge is 0.445 e. The van der Waals surface area contributed by atoms with Crippen molar-refractivity contribution in [1.29, 1.82) is 0 Å². The standard InChI is InChI=1S/C13H17ClN2O4/c14-8-2-1-3-9-15-13(17)20-10-11-4-6-12(7-5-11)16(18)19/h4-7H,1-3,8-10H2,(H,15,17). The minimum absolute atomic E-state index is 0.0116. The first-order valence-electron chi connectivity index (χ1n) is 6.33. The molecule has 1 rings (SSSR count). The maximum absolute atomic E-state index is 11.4. The van der Waals surface area contributed by atoms with E-state index in [4.69, 9.17) is 16.3 Å². The van der Waals surface area contributed by atoms with Crippen LogP contribution in [-0.4, -0.2) is 23.4 Å². The van der Waals surface area contributed by atoms with E-state index in [0.717, 1.165) is 19.3 Å². The van der Waals surface area contributed by atoms with Gasteiger partial charge in [-0.05, 0) is 30.5 Å². The zero-order valence-electron chi connectivity index (χ0n) is 11.0. The number of nitro groups is 1. The molecule has 0 heterocycles. The van der Waals surface area contributed by atoms with Crippen LogP contribution in [-0.2, 0) is 11.3 Å². The van der Waals surface area contributed by atoms with Crippen molar-refractivity contribution >= 4 is 23.4 Å². The molecule has 0 aliphatic rings. The molecular weight excluding hydrogens is 284 g/mol. The van der Waals surface area contributed by atoms with Crippen LogP contribution in [0.2, 0.25) is 0 Å². The number of alkyl halides is 1. The van der Waals surface area contributed by atoms with Crippen LogP contribution < -0.4 is 5.32 Å². The lowest BCUT2D eigenvalue weighted by Crippen LogP contribution is -2.25. The molecule has 1 aromatic rings. The molecule has 0 radical (unpaired) electrons. The van der Waals surface area contributed by atoms with Crippen LogP contribution in [0.5, 0.6) is 0 Å². The molecule has 0 saturated heterocycles. The Bertz CT molecular complexity index is 437. The van der Waals surface area contributed by atoms with E-state index in [1.54, 1.807) is 12.1 Å². The molecule has 1 N–H and O–H groups in total. The zero-order valence-corrected chi connectivity index (χ0v) is 11.8. The minimum atomic E-state index is -0.491. The number of hydrogen-bond donors (Lipinski definition) is 1. The third-order valence-electron chi connectivity index (χ3n) is 2.60. The van der Waals surface area contributed by atoms with Crippen LogP contribution in [0.3, 0.4) is 0 Å². The van der Waals surface area contributed by atoms with Crippen molar-refractivity contribution in [1.82, 2.24) is 5.32 Å². The van der Waals surface area contributed by atoms with Crippen molar-refractivity contribution < 1.29 is 14.5 Å². The molecule has 0 bridgehead atoms. The van der Waals surface area contributed by atoms with E-state index in [-0.39, 0.29) is 12.3 Å². The van der Waals surface area contributed by atoms with E-state index < -0.39 is 11.0 Å². The van der Waals surface area contributed by atoms with Gasteiger partial charge in [-0.3, -0.25) is 10.1 Å². The van der Waals surface area contributed by atoms with Crippen LogP contribution in [0, 0.1) is 10.1 Å². The monoisotopic (exact) mass is 300 g/mol. The number of nitrogens with zero attached hydrogens (tertiary/aromatic N) is 1. The number of non-ortho nitro benzene ring substituents is 1. The summed E-state index contributed by atoms with van der Waals surface area (Å²) in [5.74, 6) is 0.630. The first-order valence-corrected chi connectivity index (χ1v) is 6.87. The van der Waals surface area contributed by atoms with Crippen molar-refractivity contribution in [3.63, 3.8) is 0 Å². The van der Waals surface area contributed by atoms with Crippen molar-refractivity contribution in [2.24, 2.45) is 0 Å². The second kappa shape index (κ2) is 9.14. The smallest absolute Gasteiger partial charge is 0.407 e. The molecule has 0 saturated carbocycles. The Hall–Kier alpha value is -1.82. The second-order valence-electron chi connectivity index (χ2n) is 4.18. The minimum Gasteiger partial charge on any atom is -0.445 e. The maximum atomic E-state index is 11.4. The van der Waals surface area contributed by atoms with Gasteiger partial charge in [-0.15, -0.1) is 11.6 Å². The zero-order chi connectivity index (χ0) is 14.8. The molecule has 20 heavy (non-hydrogen) atoms. The highest BCUT2D eigenvalue weighted by Crippen LogP contribution is 2.12. The van der Waals surface area contributed by atoms with Crippen LogP contribution >= 0.6 is 11.6 Å². The van der Waals surface area contributed by atoms with Gasteiger partial charge in [-0.25, -0.2) is 4.79 Å². The topological polar surface area (TPSA) is 81.5 Å². The van der Waals surface area contributed by atoms with Gasteiger partial charge in [0.15, 0.2) is 0 Å². The average molecular weight is 301 g/mol. The predicted molar refractivity (Wildman–Crippen MR) is 75.9 cm³/mol. The summed E-state index contributed by atoms with van der Waals surface area (Å²) >= 11 is 5.54. The summed E-state index contributed by atoms with van der Waals surface area (Å²) in [6, 6.07) is 5.88. The number of ether oxygens (including phenoxy) is 1. The van der Waals surface area contributed by atoms with Crippen LogP contribution in [0.1, 0.15) is 24.8 Å². The number of nitro benzene ring substituents is 1. The fraction of sp³-hybridized carbons (Fsp3) is 0.462. The van der Waals surface area contributed by atoms with E-state index in [1.807, 2.05) is 0 Å². The van der Waals surface area contributed by atoms with Crippen molar-refractivity contribution in [3.8, 4) is 0 Å². The van der Waals surface area contributed by atoms with E-state index in [9.17, 15) is 14.9 Å². The molecule has 0 aliphatic carbocycles. The van der Waals surface area contributed by atoms with Gasteiger partial charge >= 0.3 is 6.09 Å². The molecule has 0 atom stereocenters. The van der Waals surface area contributed by atoms with Gasteiger partial charge in [0.2, 0.25) is 0 Å². The first-order chi connectivity index (χ1) is 9.63. The van der Waals surface area contributed by atoms with Gasteiger partial charge in [0.25, 0.3) is 5.69 Å². The summed E-state index contributed by atoms with van der Waals surface area (Å²) in [6.07, 6.45) is 2.27. The number of carbonyl (C=O) groups excluding carboxylic acids is 1. The third kappa shape index (κ3) is 6.38.